The number of carboxylic acid groups (broad SMARTS) is 1. The summed E-state index contributed by atoms with van der Waals surface area (Å²) in [4.78, 5) is 16.7. The molecule has 0 radical (unpaired) electrons. The Morgan fingerprint density at radius 1 is 1.14 bits per heavy atom. The number of nitrogens with one attached hydrogen (secondary N) is 1. The van der Waals surface area contributed by atoms with Crippen molar-refractivity contribution < 1.29 is 14.6 Å². The van der Waals surface area contributed by atoms with Gasteiger partial charge in [0.05, 0.1) is 17.6 Å². The molecule has 1 unspecified atom stereocenters. The first-order chi connectivity index (χ1) is 13.5. The van der Waals surface area contributed by atoms with Gasteiger partial charge < -0.3 is 15.2 Å². The summed E-state index contributed by atoms with van der Waals surface area (Å²) in [6.45, 7) is 5.67. The van der Waals surface area contributed by atoms with Crippen molar-refractivity contribution in [3.05, 3.63) is 77.1 Å². The number of hydrogen-bond donors (Lipinski definition) is 2. The third kappa shape index (κ3) is 2.99. The van der Waals surface area contributed by atoms with Crippen LogP contribution in [0.15, 0.2) is 66.0 Å². The standard InChI is InChI=1S/C23H22N2O3/c1-13(2)28-22-21-18(11-12-24-22)25-14(3)19(23(26)27)20(21)17-10-6-8-15-7-4-5-9-16(15)17/h4-13,20,25H,1-3H3,(H,26,27). The minimum Gasteiger partial charge on any atom is -0.478 e. The van der Waals surface area contributed by atoms with Gasteiger partial charge in [0.1, 0.15) is 0 Å². The van der Waals surface area contributed by atoms with Crippen LogP contribution >= 0.6 is 0 Å². The zero-order chi connectivity index (χ0) is 19.8. The summed E-state index contributed by atoms with van der Waals surface area (Å²) in [5.74, 6) is -0.973. The maximum Gasteiger partial charge on any atom is 0.334 e. The van der Waals surface area contributed by atoms with Gasteiger partial charge in [-0.1, -0.05) is 42.5 Å². The van der Waals surface area contributed by atoms with Crippen LogP contribution in [0.25, 0.3) is 10.8 Å². The predicted molar refractivity (Wildman–Crippen MR) is 110 cm³/mol. The minimum absolute atomic E-state index is 0.0764. The third-order valence-corrected chi connectivity index (χ3v) is 4.97. The number of benzene rings is 2. The molecule has 142 valence electrons. The molecule has 2 heterocycles. The van der Waals surface area contributed by atoms with Crippen LogP contribution < -0.4 is 10.1 Å². The number of rotatable bonds is 4. The lowest BCUT2D eigenvalue weighted by molar-refractivity contribution is -0.132. The summed E-state index contributed by atoms with van der Waals surface area (Å²) in [5.41, 5.74) is 3.45. The van der Waals surface area contributed by atoms with Gasteiger partial charge in [-0.2, -0.15) is 0 Å². The Morgan fingerprint density at radius 3 is 2.64 bits per heavy atom. The normalized spacial score (nSPS) is 16.1. The predicted octanol–water partition coefficient (Wildman–Crippen LogP) is 4.94. The Bertz CT molecular complexity index is 1100. The van der Waals surface area contributed by atoms with E-state index in [2.05, 4.69) is 10.3 Å². The summed E-state index contributed by atoms with van der Waals surface area (Å²) in [7, 11) is 0. The third-order valence-electron chi connectivity index (χ3n) is 4.97. The fraction of sp³-hybridized carbons (Fsp3) is 0.217. The van der Waals surface area contributed by atoms with Gasteiger partial charge in [0.2, 0.25) is 5.88 Å². The highest BCUT2D eigenvalue weighted by atomic mass is 16.5. The van der Waals surface area contributed by atoms with E-state index in [0.29, 0.717) is 17.2 Å². The fourth-order valence-corrected chi connectivity index (χ4v) is 3.89. The average Bonchev–Trinajstić information content (AvgIpc) is 2.66. The molecule has 0 saturated heterocycles. The van der Waals surface area contributed by atoms with Gasteiger partial charge in [0, 0.05) is 23.1 Å². The molecule has 0 bridgehead atoms. The van der Waals surface area contributed by atoms with Gasteiger partial charge >= 0.3 is 5.97 Å². The highest BCUT2D eigenvalue weighted by Gasteiger charge is 2.36. The molecule has 1 aromatic heterocycles. The van der Waals surface area contributed by atoms with E-state index >= 15 is 0 Å². The Balaban J connectivity index is 2.05. The SMILES string of the molecule is CC1=C(C(=O)O)C(c2cccc3ccccc23)c2c(ccnc2OC(C)C)N1. The van der Waals surface area contributed by atoms with Crippen LogP contribution in [0.1, 0.15) is 37.8 Å². The maximum atomic E-state index is 12.3. The largest absolute Gasteiger partial charge is 0.478 e. The number of nitrogens with zero attached hydrogens (tertiary/aromatic N) is 1. The van der Waals surface area contributed by atoms with Crippen molar-refractivity contribution in [1.82, 2.24) is 4.98 Å². The Morgan fingerprint density at radius 2 is 1.89 bits per heavy atom. The van der Waals surface area contributed by atoms with Crippen molar-refractivity contribution in [3.63, 3.8) is 0 Å². The summed E-state index contributed by atoms with van der Waals surface area (Å²) < 4.78 is 5.97. The van der Waals surface area contributed by atoms with E-state index in [1.54, 1.807) is 13.1 Å². The zero-order valence-corrected chi connectivity index (χ0v) is 16.1. The van der Waals surface area contributed by atoms with Crippen LogP contribution in [-0.4, -0.2) is 22.2 Å². The van der Waals surface area contributed by atoms with Gasteiger partial charge in [-0.3, -0.25) is 0 Å². The number of fused-ring (bicyclic) bond motifs is 2. The summed E-state index contributed by atoms with van der Waals surface area (Å²) >= 11 is 0. The molecule has 0 aliphatic carbocycles. The van der Waals surface area contributed by atoms with Crippen molar-refractivity contribution in [2.24, 2.45) is 0 Å². The van der Waals surface area contributed by atoms with E-state index in [1.165, 1.54) is 0 Å². The van der Waals surface area contributed by atoms with Gasteiger partial charge in [-0.05, 0) is 43.2 Å². The van der Waals surface area contributed by atoms with Crippen molar-refractivity contribution >= 4 is 22.4 Å². The quantitative estimate of drug-likeness (QED) is 0.677. The molecule has 1 aliphatic rings. The summed E-state index contributed by atoms with van der Waals surface area (Å²) in [6, 6.07) is 15.9. The number of allylic oxidation sites excluding steroid dienone is 1. The molecule has 0 amide bonds. The lowest BCUT2D eigenvalue weighted by Gasteiger charge is -2.31. The number of hydrogen-bond acceptors (Lipinski definition) is 4. The van der Waals surface area contributed by atoms with Gasteiger partial charge in [0.15, 0.2) is 0 Å². The fourth-order valence-electron chi connectivity index (χ4n) is 3.89. The van der Waals surface area contributed by atoms with E-state index in [1.807, 2.05) is 62.4 Å². The molecule has 28 heavy (non-hydrogen) atoms. The molecule has 0 spiro atoms. The van der Waals surface area contributed by atoms with E-state index in [9.17, 15) is 9.90 Å². The van der Waals surface area contributed by atoms with Crippen LogP contribution in [-0.2, 0) is 4.79 Å². The number of aromatic nitrogens is 1. The van der Waals surface area contributed by atoms with Crippen LogP contribution in [0.5, 0.6) is 5.88 Å². The second kappa shape index (κ2) is 7.00. The number of pyridine rings is 1. The Labute approximate surface area is 163 Å². The van der Waals surface area contributed by atoms with E-state index < -0.39 is 11.9 Å². The molecule has 1 aliphatic heterocycles. The highest BCUT2D eigenvalue weighted by molar-refractivity contribution is 5.96. The van der Waals surface area contributed by atoms with Crippen LogP contribution in [0.3, 0.4) is 0 Å². The number of aliphatic carboxylic acids is 1. The maximum absolute atomic E-state index is 12.3. The second-order valence-corrected chi connectivity index (χ2v) is 7.21. The molecule has 1 atom stereocenters. The smallest absolute Gasteiger partial charge is 0.334 e. The first-order valence-electron chi connectivity index (χ1n) is 9.31. The molecule has 5 nitrogen and oxygen atoms in total. The number of anilines is 1. The molecule has 3 aromatic rings. The van der Waals surface area contributed by atoms with Crippen molar-refractivity contribution in [2.75, 3.05) is 5.32 Å². The highest BCUT2D eigenvalue weighted by Crippen LogP contribution is 2.47. The molecule has 4 rings (SSSR count). The lowest BCUT2D eigenvalue weighted by Crippen LogP contribution is -2.24. The average molecular weight is 374 g/mol. The first kappa shape index (κ1) is 18.0. The van der Waals surface area contributed by atoms with Gasteiger partial charge in [-0.15, -0.1) is 0 Å². The van der Waals surface area contributed by atoms with E-state index in [-0.39, 0.29) is 6.10 Å². The number of ether oxygens (including phenoxy) is 1. The summed E-state index contributed by atoms with van der Waals surface area (Å²) in [6.07, 6.45) is 1.61. The molecule has 0 saturated carbocycles. The number of carboxylic acids is 1. The molecular weight excluding hydrogens is 352 g/mol. The molecule has 2 N–H and O–H groups in total. The first-order valence-corrected chi connectivity index (χ1v) is 9.31. The lowest BCUT2D eigenvalue weighted by atomic mass is 9.79. The molecule has 0 fully saturated rings. The van der Waals surface area contributed by atoms with E-state index in [4.69, 9.17) is 4.74 Å². The molecular formula is C23H22N2O3. The summed E-state index contributed by atoms with van der Waals surface area (Å²) in [5, 5.41) is 15.4. The second-order valence-electron chi connectivity index (χ2n) is 7.21. The molecule has 5 heteroatoms. The van der Waals surface area contributed by atoms with Crippen molar-refractivity contribution in [1.29, 1.82) is 0 Å². The van der Waals surface area contributed by atoms with Gasteiger partial charge in [0.25, 0.3) is 0 Å². The zero-order valence-electron chi connectivity index (χ0n) is 16.1. The van der Waals surface area contributed by atoms with Gasteiger partial charge in [-0.25, -0.2) is 9.78 Å². The Kier molecular flexibility index (Phi) is 4.51. The van der Waals surface area contributed by atoms with Crippen LogP contribution in [0.2, 0.25) is 0 Å². The monoisotopic (exact) mass is 374 g/mol. The van der Waals surface area contributed by atoms with Crippen molar-refractivity contribution in [3.8, 4) is 5.88 Å². The minimum atomic E-state index is -0.951. The van der Waals surface area contributed by atoms with E-state index in [0.717, 1.165) is 27.6 Å². The molecule has 2 aromatic carbocycles. The van der Waals surface area contributed by atoms with Crippen molar-refractivity contribution in [2.45, 2.75) is 32.8 Å². The topological polar surface area (TPSA) is 71.5 Å². The number of carbonyl (C=O) groups is 1. The van der Waals surface area contributed by atoms with Crippen LogP contribution in [0.4, 0.5) is 5.69 Å². The van der Waals surface area contributed by atoms with Crippen LogP contribution in [0, 0.1) is 0 Å². The Hall–Kier alpha value is -3.34.